The molecule has 0 bridgehead atoms. The van der Waals surface area contributed by atoms with Crippen LogP contribution in [0.3, 0.4) is 0 Å². The largest absolute Gasteiger partial charge is 0.444 e. The highest BCUT2D eigenvalue weighted by Crippen LogP contribution is 2.24. The van der Waals surface area contributed by atoms with Crippen LogP contribution in [0.2, 0.25) is 0 Å². The molecule has 1 heterocycles. The second kappa shape index (κ2) is 12.6. The van der Waals surface area contributed by atoms with E-state index in [4.69, 9.17) is 16.3 Å². The number of hydrogen-bond donors (Lipinski definition) is 1. The van der Waals surface area contributed by atoms with Crippen LogP contribution in [0.4, 0.5) is 4.79 Å². The van der Waals surface area contributed by atoms with Gasteiger partial charge in [0.25, 0.3) is 0 Å². The molecule has 0 fully saturated rings. The van der Waals surface area contributed by atoms with Gasteiger partial charge in [-0.15, -0.1) is 0 Å². The lowest BCUT2D eigenvalue weighted by Crippen LogP contribution is -2.37. The van der Waals surface area contributed by atoms with Crippen molar-refractivity contribution in [3.05, 3.63) is 46.8 Å². The molecule has 1 aliphatic carbocycles. The molecular weight excluding hydrogens is 398 g/mol. The number of amides is 1. The van der Waals surface area contributed by atoms with E-state index in [1.165, 1.54) is 0 Å². The zero-order chi connectivity index (χ0) is 22.7. The SMILES string of the molecule is CC.CCN(CCC(C)c1cc(C2=CC/C=C(/Cl)C/C=C\2)n[nH]1)C(=O)OC(C)(C)C. The first kappa shape index (κ1) is 26.0. The predicted octanol–water partition coefficient (Wildman–Crippen LogP) is 7.04. The summed E-state index contributed by atoms with van der Waals surface area (Å²) in [6.07, 6.45) is 10.4. The molecule has 0 aromatic carbocycles. The summed E-state index contributed by atoms with van der Waals surface area (Å²) in [5, 5.41) is 8.50. The average molecular weight is 436 g/mol. The number of aromatic amines is 1. The number of nitrogens with zero attached hydrogens (tertiary/aromatic N) is 2. The minimum absolute atomic E-state index is 0.255. The lowest BCUT2D eigenvalue weighted by atomic mass is 10.0. The first-order chi connectivity index (χ1) is 14.2. The number of ether oxygens (including phenoxy) is 1. The molecule has 0 aliphatic heterocycles. The number of carbonyl (C=O) groups excluding carboxylic acids is 1. The van der Waals surface area contributed by atoms with E-state index in [9.17, 15) is 4.79 Å². The van der Waals surface area contributed by atoms with Crippen LogP contribution in [0, 0.1) is 0 Å². The van der Waals surface area contributed by atoms with E-state index in [0.29, 0.717) is 13.1 Å². The summed E-state index contributed by atoms with van der Waals surface area (Å²) in [6.45, 7) is 15.0. The molecule has 0 radical (unpaired) electrons. The molecule has 1 aromatic rings. The summed E-state index contributed by atoms with van der Waals surface area (Å²) >= 11 is 6.08. The van der Waals surface area contributed by atoms with Crippen molar-refractivity contribution in [2.45, 2.75) is 79.2 Å². The Morgan fingerprint density at radius 3 is 2.67 bits per heavy atom. The highest BCUT2D eigenvalue weighted by molar-refractivity contribution is 6.29. The van der Waals surface area contributed by atoms with Crippen molar-refractivity contribution in [1.29, 1.82) is 0 Å². The lowest BCUT2D eigenvalue weighted by Gasteiger charge is -2.27. The number of H-pyrrole nitrogens is 1. The third kappa shape index (κ3) is 8.78. The summed E-state index contributed by atoms with van der Waals surface area (Å²) in [5.74, 6) is 0.255. The third-order valence-corrected chi connectivity index (χ3v) is 4.89. The van der Waals surface area contributed by atoms with Crippen LogP contribution in [0.1, 0.15) is 85.0 Å². The van der Waals surface area contributed by atoms with Gasteiger partial charge in [-0.3, -0.25) is 5.10 Å². The number of nitrogens with one attached hydrogen (secondary N) is 1. The first-order valence-electron chi connectivity index (χ1n) is 10.9. The number of halogens is 1. The third-order valence-electron chi connectivity index (χ3n) is 4.58. The molecular formula is C24H38ClN3O2. The Balaban J connectivity index is 0.00000218. The molecule has 168 valence electrons. The van der Waals surface area contributed by atoms with Crippen molar-refractivity contribution < 1.29 is 9.53 Å². The maximum absolute atomic E-state index is 12.3. The van der Waals surface area contributed by atoms with Crippen LogP contribution in [-0.2, 0) is 4.74 Å². The van der Waals surface area contributed by atoms with Gasteiger partial charge in [0.2, 0.25) is 0 Å². The fourth-order valence-electron chi connectivity index (χ4n) is 2.90. The first-order valence-corrected chi connectivity index (χ1v) is 11.3. The van der Waals surface area contributed by atoms with Crippen molar-refractivity contribution in [3.8, 4) is 0 Å². The van der Waals surface area contributed by atoms with Crippen molar-refractivity contribution >= 4 is 23.3 Å². The van der Waals surface area contributed by atoms with E-state index < -0.39 is 5.60 Å². The minimum atomic E-state index is -0.480. The summed E-state index contributed by atoms with van der Waals surface area (Å²) in [7, 11) is 0. The molecule has 0 saturated carbocycles. The van der Waals surface area contributed by atoms with E-state index in [0.717, 1.165) is 41.3 Å². The Morgan fingerprint density at radius 1 is 1.33 bits per heavy atom. The van der Waals surface area contributed by atoms with E-state index >= 15 is 0 Å². The number of rotatable bonds is 6. The van der Waals surface area contributed by atoms with Crippen molar-refractivity contribution in [1.82, 2.24) is 15.1 Å². The Hall–Kier alpha value is -2.01. The van der Waals surface area contributed by atoms with Crippen molar-refractivity contribution in [2.75, 3.05) is 13.1 Å². The van der Waals surface area contributed by atoms with Gasteiger partial charge in [0.1, 0.15) is 5.60 Å². The lowest BCUT2D eigenvalue weighted by molar-refractivity contribution is 0.0255. The summed E-state index contributed by atoms with van der Waals surface area (Å²) < 4.78 is 5.48. The van der Waals surface area contributed by atoms with E-state index in [1.807, 2.05) is 47.6 Å². The maximum atomic E-state index is 12.3. The van der Waals surface area contributed by atoms with Gasteiger partial charge in [-0.1, -0.05) is 56.7 Å². The topological polar surface area (TPSA) is 58.2 Å². The van der Waals surface area contributed by atoms with E-state index in [1.54, 1.807) is 4.90 Å². The van der Waals surface area contributed by atoms with Gasteiger partial charge >= 0.3 is 6.09 Å². The molecule has 1 amide bonds. The molecule has 6 heteroatoms. The zero-order valence-electron chi connectivity index (χ0n) is 19.6. The van der Waals surface area contributed by atoms with Gasteiger partial charge in [0, 0.05) is 30.2 Å². The van der Waals surface area contributed by atoms with Crippen LogP contribution in [-0.4, -0.2) is 39.9 Å². The van der Waals surface area contributed by atoms with Crippen LogP contribution in [0.15, 0.2) is 35.4 Å². The molecule has 2 rings (SSSR count). The molecule has 1 aliphatic rings. The Bertz CT molecular complexity index is 757. The molecule has 0 spiro atoms. The second-order valence-electron chi connectivity index (χ2n) is 8.11. The van der Waals surface area contributed by atoms with Crippen LogP contribution in [0.25, 0.3) is 5.57 Å². The molecule has 5 nitrogen and oxygen atoms in total. The van der Waals surface area contributed by atoms with Gasteiger partial charge in [0.05, 0.1) is 5.69 Å². The Kier molecular flexibility index (Phi) is 11.0. The fourth-order valence-corrected chi connectivity index (χ4v) is 3.08. The van der Waals surface area contributed by atoms with Crippen LogP contribution >= 0.6 is 11.6 Å². The molecule has 30 heavy (non-hydrogen) atoms. The number of allylic oxidation sites excluding steroid dienone is 6. The zero-order valence-corrected chi connectivity index (χ0v) is 20.3. The van der Waals surface area contributed by atoms with Crippen molar-refractivity contribution in [2.24, 2.45) is 0 Å². The Labute approximate surface area is 187 Å². The summed E-state index contributed by atoms with van der Waals surface area (Å²) in [6, 6.07) is 2.09. The summed E-state index contributed by atoms with van der Waals surface area (Å²) in [5.41, 5.74) is 2.62. The molecule has 1 unspecified atom stereocenters. The van der Waals surface area contributed by atoms with E-state index in [2.05, 4.69) is 41.4 Å². The normalized spacial score (nSPS) is 17.9. The van der Waals surface area contributed by atoms with Gasteiger partial charge in [-0.2, -0.15) is 5.10 Å². The highest BCUT2D eigenvalue weighted by Gasteiger charge is 2.22. The quantitative estimate of drug-likeness (QED) is 0.521. The smallest absolute Gasteiger partial charge is 0.410 e. The molecule has 0 saturated heterocycles. The van der Waals surface area contributed by atoms with Crippen LogP contribution in [0.5, 0.6) is 0 Å². The van der Waals surface area contributed by atoms with E-state index in [-0.39, 0.29) is 12.0 Å². The predicted molar refractivity (Wildman–Crippen MR) is 127 cm³/mol. The second-order valence-corrected chi connectivity index (χ2v) is 8.60. The molecule has 1 aromatic heterocycles. The average Bonchev–Trinajstić information content (AvgIpc) is 3.15. The van der Waals surface area contributed by atoms with Crippen molar-refractivity contribution in [3.63, 3.8) is 0 Å². The standard InChI is InChI=1S/C22H32ClN3O2.C2H6/c1-6-26(21(27)28-22(3,4)5)14-13-16(2)19-15-20(25-24-19)17-9-7-11-18(23)12-8-10-17;1-2/h7,9-10,12,15-16H,6,8,11,13-14H2,1-5H3,(H,24,25);1-2H3/b9-7-,17-10?,18-12+;. The number of hydrogen-bond acceptors (Lipinski definition) is 3. The monoisotopic (exact) mass is 435 g/mol. The summed E-state index contributed by atoms with van der Waals surface area (Å²) in [4.78, 5) is 14.0. The number of carbonyl (C=O) groups is 1. The molecule has 1 N–H and O–H groups in total. The van der Waals surface area contributed by atoms with Gasteiger partial charge in [-0.05, 0) is 58.1 Å². The number of aromatic nitrogens is 2. The van der Waals surface area contributed by atoms with Gasteiger partial charge in [0.15, 0.2) is 0 Å². The fraction of sp³-hybridized carbons (Fsp3) is 0.583. The van der Waals surface area contributed by atoms with Crippen LogP contribution < -0.4 is 0 Å². The molecule has 1 atom stereocenters. The maximum Gasteiger partial charge on any atom is 0.410 e. The Morgan fingerprint density at radius 2 is 2.03 bits per heavy atom. The highest BCUT2D eigenvalue weighted by atomic mass is 35.5. The van der Waals surface area contributed by atoms with Gasteiger partial charge < -0.3 is 9.64 Å². The minimum Gasteiger partial charge on any atom is -0.444 e. The van der Waals surface area contributed by atoms with Gasteiger partial charge in [-0.25, -0.2) is 4.79 Å².